The number of nitrogens with zero attached hydrogens (tertiary/aromatic N) is 2. The molecule has 2 unspecified atom stereocenters. The minimum atomic E-state index is -4.84. The molecular formula is C19H18BrF4N3O3. The molecule has 0 spiro atoms. The molecule has 162 valence electrons. The van der Waals surface area contributed by atoms with Gasteiger partial charge in [0.1, 0.15) is 11.7 Å². The van der Waals surface area contributed by atoms with Crippen LogP contribution >= 0.6 is 15.9 Å². The lowest BCUT2D eigenvalue weighted by atomic mass is 9.76. The second-order valence-electron chi connectivity index (χ2n) is 7.33. The molecule has 0 radical (unpaired) electrons. The molecule has 1 saturated heterocycles. The molecule has 0 saturated carbocycles. The Balaban J connectivity index is 1.94. The summed E-state index contributed by atoms with van der Waals surface area (Å²) in [7, 11) is 1.84. The van der Waals surface area contributed by atoms with Gasteiger partial charge in [0.05, 0.1) is 12.4 Å². The van der Waals surface area contributed by atoms with Crippen molar-refractivity contribution in [2.24, 2.45) is 5.92 Å². The Labute approximate surface area is 178 Å². The molecule has 0 aromatic heterocycles. The molecule has 1 aliphatic heterocycles. The number of likely N-dealkylation sites (N-methyl/N-ethyl adjacent to an activating group) is 1. The highest BCUT2D eigenvalue weighted by Gasteiger charge is 2.47. The number of anilines is 1. The fraction of sp³-hybridized carbons (Fsp3) is 0.421. The van der Waals surface area contributed by atoms with E-state index in [0.29, 0.717) is 25.8 Å². The van der Waals surface area contributed by atoms with Crippen LogP contribution < -0.4 is 5.32 Å². The third-order valence-corrected chi connectivity index (χ3v) is 5.83. The van der Waals surface area contributed by atoms with Crippen LogP contribution in [-0.2, 0) is 9.59 Å². The van der Waals surface area contributed by atoms with Crippen molar-refractivity contribution in [1.82, 2.24) is 9.80 Å². The number of halogens is 5. The number of hydrogen-bond acceptors (Lipinski definition) is 4. The first-order valence-electron chi connectivity index (χ1n) is 9.00. The monoisotopic (exact) mass is 491 g/mol. The van der Waals surface area contributed by atoms with Gasteiger partial charge in [-0.25, -0.2) is 9.18 Å². The highest BCUT2D eigenvalue weighted by molar-refractivity contribution is 9.10. The van der Waals surface area contributed by atoms with Gasteiger partial charge in [-0.05, 0) is 41.2 Å². The molecule has 2 amide bonds. The van der Waals surface area contributed by atoms with E-state index in [0.717, 1.165) is 19.1 Å². The van der Waals surface area contributed by atoms with E-state index in [4.69, 9.17) is 0 Å². The van der Waals surface area contributed by atoms with Crippen LogP contribution in [0.1, 0.15) is 18.4 Å². The van der Waals surface area contributed by atoms with E-state index in [9.17, 15) is 31.9 Å². The first-order chi connectivity index (χ1) is 13.9. The number of nitrogens with one attached hydrogen (secondary N) is 1. The molecule has 0 bridgehead atoms. The molecule has 1 aromatic rings. The fourth-order valence-electron chi connectivity index (χ4n) is 3.51. The molecule has 30 heavy (non-hydrogen) atoms. The van der Waals surface area contributed by atoms with Crippen LogP contribution in [0.2, 0.25) is 0 Å². The number of alkyl halides is 3. The predicted octanol–water partition coefficient (Wildman–Crippen LogP) is 3.69. The minimum Gasteiger partial charge on any atom is -0.310 e. The van der Waals surface area contributed by atoms with Crippen molar-refractivity contribution in [2.45, 2.75) is 19.0 Å². The highest BCUT2D eigenvalue weighted by Crippen LogP contribution is 2.40. The van der Waals surface area contributed by atoms with Crippen molar-refractivity contribution in [3.05, 3.63) is 39.6 Å². The van der Waals surface area contributed by atoms with Gasteiger partial charge in [0.2, 0.25) is 0 Å². The SMILES string of the molecule is CC1C(=O)C(c2cc(NC(=O)N3CCN(C)C3)c(Br)cc2F)C(=O)C=C1C(F)(F)F. The maximum atomic E-state index is 14.6. The van der Waals surface area contributed by atoms with Crippen molar-refractivity contribution >= 4 is 39.2 Å². The second kappa shape index (κ2) is 8.10. The molecule has 11 heteroatoms. The summed E-state index contributed by atoms with van der Waals surface area (Å²) in [5.74, 6) is -6.47. The number of Topliss-reactive ketones (excluding diaryl/α,β-unsaturated/α-hetero) is 1. The van der Waals surface area contributed by atoms with E-state index in [-0.39, 0.29) is 15.7 Å². The third kappa shape index (κ3) is 4.27. The van der Waals surface area contributed by atoms with Crippen LogP contribution in [0.5, 0.6) is 0 Å². The number of benzene rings is 1. The van der Waals surface area contributed by atoms with Crippen molar-refractivity contribution in [3.63, 3.8) is 0 Å². The summed E-state index contributed by atoms with van der Waals surface area (Å²) in [6.07, 6.45) is -4.48. The maximum absolute atomic E-state index is 14.6. The van der Waals surface area contributed by atoms with Crippen molar-refractivity contribution < 1.29 is 31.9 Å². The van der Waals surface area contributed by atoms with Gasteiger partial charge < -0.3 is 10.2 Å². The van der Waals surface area contributed by atoms with Crippen LogP contribution in [0.4, 0.5) is 28.0 Å². The van der Waals surface area contributed by atoms with E-state index in [2.05, 4.69) is 21.2 Å². The average Bonchev–Trinajstić information content (AvgIpc) is 3.07. The van der Waals surface area contributed by atoms with Gasteiger partial charge in [0, 0.05) is 34.6 Å². The van der Waals surface area contributed by atoms with Gasteiger partial charge in [-0.2, -0.15) is 13.2 Å². The molecule has 1 aliphatic carbocycles. The van der Waals surface area contributed by atoms with Crippen molar-refractivity contribution in [3.8, 4) is 0 Å². The Morgan fingerprint density at radius 2 is 1.90 bits per heavy atom. The van der Waals surface area contributed by atoms with Crippen LogP contribution in [-0.4, -0.2) is 60.4 Å². The van der Waals surface area contributed by atoms with Gasteiger partial charge in [-0.15, -0.1) is 0 Å². The zero-order chi connectivity index (χ0) is 22.4. The zero-order valence-electron chi connectivity index (χ0n) is 16.0. The maximum Gasteiger partial charge on any atom is 0.413 e. The van der Waals surface area contributed by atoms with E-state index in [1.165, 1.54) is 4.90 Å². The van der Waals surface area contributed by atoms with E-state index < -0.39 is 47.0 Å². The van der Waals surface area contributed by atoms with Crippen LogP contribution in [0.3, 0.4) is 0 Å². The molecule has 3 rings (SSSR count). The summed E-state index contributed by atoms with van der Waals surface area (Å²) < 4.78 is 54.0. The van der Waals surface area contributed by atoms with E-state index in [1.807, 2.05) is 11.9 Å². The van der Waals surface area contributed by atoms with Gasteiger partial charge in [-0.1, -0.05) is 6.92 Å². The lowest BCUT2D eigenvalue weighted by Gasteiger charge is -2.27. The van der Waals surface area contributed by atoms with E-state index in [1.54, 1.807) is 0 Å². The number of carbonyl (C=O) groups is 3. The minimum absolute atomic E-state index is 0.102. The van der Waals surface area contributed by atoms with Crippen molar-refractivity contribution in [2.75, 3.05) is 32.1 Å². The lowest BCUT2D eigenvalue weighted by Crippen LogP contribution is -2.37. The van der Waals surface area contributed by atoms with Gasteiger partial charge in [-0.3, -0.25) is 14.5 Å². The fourth-order valence-corrected chi connectivity index (χ4v) is 3.92. The second-order valence-corrected chi connectivity index (χ2v) is 8.18. The summed E-state index contributed by atoms with van der Waals surface area (Å²) in [5, 5.41) is 2.58. The van der Waals surface area contributed by atoms with Crippen LogP contribution in [0.15, 0.2) is 28.3 Å². The molecule has 6 nitrogen and oxygen atoms in total. The zero-order valence-corrected chi connectivity index (χ0v) is 17.6. The average molecular weight is 492 g/mol. The Hall–Kier alpha value is -2.27. The smallest absolute Gasteiger partial charge is 0.310 e. The highest BCUT2D eigenvalue weighted by atomic mass is 79.9. The number of carbonyl (C=O) groups excluding carboxylic acids is 3. The largest absolute Gasteiger partial charge is 0.413 e. The Bertz CT molecular complexity index is 948. The molecule has 1 fully saturated rings. The van der Waals surface area contributed by atoms with Crippen molar-refractivity contribution in [1.29, 1.82) is 0 Å². The standard InChI is InChI=1S/C19H18BrF4N3O3/c1-9-11(19(22,23)24)6-15(28)16(17(9)29)10-5-14(12(20)7-13(10)21)25-18(30)27-4-3-26(2)8-27/h5-7,9,16H,3-4,8H2,1-2H3,(H,25,30). The number of rotatable bonds is 2. The Morgan fingerprint density at radius 1 is 1.23 bits per heavy atom. The summed E-state index contributed by atoms with van der Waals surface area (Å²) in [6.45, 7) is 2.58. The quantitative estimate of drug-likeness (QED) is 0.506. The Morgan fingerprint density at radius 3 is 2.47 bits per heavy atom. The number of ketones is 2. The van der Waals surface area contributed by atoms with Gasteiger partial charge in [0.25, 0.3) is 0 Å². The van der Waals surface area contributed by atoms with E-state index >= 15 is 0 Å². The summed E-state index contributed by atoms with van der Waals surface area (Å²) in [5.41, 5.74) is -1.53. The molecule has 1 N–H and O–H groups in total. The molecule has 2 aliphatic rings. The number of amides is 2. The molecule has 2 atom stereocenters. The van der Waals surface area contributed by atoms with Crippen LogP contribution in [0.25, 0.3) is 0 Å². The summed E-state index contributed by atoms with van der Waals surface area (Å²) >= 11 is 3.12. The van der Waals surface area contributed by atoms with Crippen LogP contribution in [0, 0.1) is 11.7 Å². The number of urea groups is 1. The normalized spacial score (nSPS) is 23.0. The Kier molecular flexibility index (Phi) is 6.06. The van der Waals surface area contributed by atoms with Gasteiger partial charge >= 0.3 is 12.2 Å². The summed E-state index contributed by atoms with van der Waals surface area (Å²) in [4.78, 5) is 40.8. The predicted molar refractivity (Wildman–Crippen MR) is 103 cm³/mol. The summed E-state index contributed by atoms with van der Waals surface area (Å²) in [6, 6.07) is 1.61. The lowest BCUT2D eigenvalue weighted by molar-refractivity contribution is -0.136. The first kappa shape index (κ1) is 22.4. The van der Waals surface area contributed by atoms with Gasteiger partial charge in [0.15, 0.2) is 11.6 Å². The molecule has 1 aromatic carbocycles. The molecular weight excluding hydrogens is 474 g/mol. The first-order valence-corrected chi connectivity index (χ1v) is 9.79. The third-order valence-electron chi connectivity index (χ3n) is 5.18. The number of hydrogen-bond donors (Lipinski definition) is 1. The molecule has 1 heterocycles. The number of allylic oxidation sites excluding steroid dienone is 2. The topological polar surface area (TPSA) is 69.7 Å².